The highest BCUT2D eigenvalue weighted by molar-refractivity contribution is 9.10. The smallest absolute Gasteiger partial charge is 0.145 e. The maximum Gasteiger partial charge on any atom is 0.145 e. The molecule has 0 fully saturated rings. The molecule has 0 aliphatic heterocycles. The highest BCUT2D eigenvalue weighted by Crippen LogP contribution is 2.35. The zero-order valence-electron chi connectivity index (χ0n) is 12.2. The van der Waals surface area contributed by atoms with Crippen LogP contribution in [0.15, 0.2) is 16.6 Å². The first-order valence-corrected chi connectivity index (χ1v) is 7.28. The van der Waals surface area contributed by atoms with Crippen LogP contribution in [0.2, 0.25) is 0 Å². The molecule has 2 atom stereocenters. The quantitative estimate of drug-likeness (QED) is 0.759. The molecule has 4 heteroatoms. The van der Waals surface area contributed by atoms with Crippen LogP contribution in [0.3, 0.4) is 0 Å². The third-order valence-corrected chi connectivity index (χ3v) is 4.46. The van der Waals surface area contributed by atoms with Crippen LogP contribution >= 0.6 is 15.9 Å². The summed E-state index contributed by atoms with van der Waals surface area (Å²) in [4.78, 5) is 0. The van der Waals surface area contributed by atoms with Crippen molar-refractivity contribution in [3.8, 4) is 0 Å². The molecule has 0 spiro atoms. The maximum atomic E-state index is 14.1. The molecule has 1 rings (SSSR count). The first-order valence-electron chi connectivity index (χ1n) is 6.49. The van der Waals surface area contributed by atoms with Gasteiger partial charge in [0.1, 0.15) is 11.6 Å². The summed E-state index contributed by atoms with van der Waals surface area (Å²) < 4.78 is 28.3. The first-order chi connectivity index (χ1) is 8.68. The van der Waals surface area contributed by atoms with Crippen LogP contribution in [-0.4, -0.2) is 7.05 Å². The Labute approximate surface area is 122 Å². The number of rotatable bonds is 4. The molecule has 0 saturated heterocycles. The van der Waals surface area contributed by atoms with Gasteiger partial charge in [-0.25, -0.2) is 8.78 Å². The number of hydrogen-bond acceptors (Lipinski definition) is 1. The lowest BCUT2D eigenvalue weighted by Crippen LogP contribution is -2.26. The average molecular weight is 334 g/mol. The standard InChI is InChI=1S/C15H22BrF2N/c1-9(15(2,3)4)8-12(19-5)13-11(17)7-6-10(16)14(13)18/h6-7,9,12,19H,8H2,1-5H3. The molecule has 1 aromatic rings. The van der Waals surface area contributed by atoms with Crippen molar-refractivity contribution >= 4 is 15.9 Å². The molecular formula is C15H22BrF2N. The lowest BCUT2D eigenvalue weighted by Gasteiger charge is -2.31. The summed E-state index contributed by atoms with van der Waals surface area (Å²) in [5.74, 6) is -0.677. The van der Waals surface area contributed by atoms with Gasteiger partial charge in [-0.3, -0.25) is 0 Å². The van der Waals surface area contributed by atoms with Crippen LogP contribution in [0, 0.1) is 23.0 Å². The SMILES string of the molecule is CNC(CC(C)C(C)(C)C)c1c(F)ccc(Br)c1F. The van der Waals surface area contributed by atoms with Crippen LogP contribution in [0.4, 0.5) is 8.78 Å². The molecule has 0 bridgehead atoms. The molecule has 0 aromatic heterocycles. The lowest BCUT2D eigenvalue weighted by atomic mass is 9.77. The summed E-state index contributed by atoms with van der Waals surface area (Å²) in [6.45, 7) is 8.52. The molecule has 0 aliphatic carbocycles. The van der Waals surface area contributed by atoms with E-state index in [0.29, 0.717) is 16.8 Å². The van der Waals surface area contributed by atoms with Crippen molar-refractivity contribution < 1.29 is 8.78 Å². The van der Waals surface area contributed by atoms with Gasteiger partial charge >= 0.3 is 0 Å². The van der Waals surface area contributed by atoms with Gasteiger partial charge in [-0.15, -0.1) is 0 Å². The number of hydrogen-bond donors (Lipinski definition) is 1. The Bertz CT molecular complexity index is 441. The van der Waals surface area contributed by atoms with Crippen LogP contribution in [-0.2, 0) is 0 Å². The summed E-state index contributed by atoms with van der Waals surface area (Å²) >= 11 is 3.11. The summed E-state index contributed by atoms with van der Waals surface area (Å²) in [6.07, 6.45) is 0.685. The summed E-state index contributed by atoms with van der Waals surface area (Å²) in [7, 11) is 1.74. The molecule has 108 valence electrons. The molecule has 2 unspecified atom stereocenters. The van der Waals surface area contributed by atoms with Gasteiger partial charge in [0, 0.05) is 11.6 Å². The third kappa shape index (κ3) is 3.99. The Morgan fingerprint density at radius 3 is 2.32 bits per heavy atom. The molecule has 1 N–H and O–H groups in total. The van der Waals surface area contributed by atoms with Crippen molar-refractivity contribution in [1.29, 1.82) is 0 Å². The van der Waals surface area contributed by atoms with Crippen molar-refractivity contribution in [3.05, 3.63) is 33.8 Å². The second-order valence-corrected chi connectivity index (χ2v) is 6.96. The predicted octanol–water partition coefficient (Wildman–Crippen LogP) is 5.06. The van der Waals surface area contributed by atoms with Crippen LogP contribution < -0.4 is 5.32 Å². The van der Waals surface area contributed by atoms with Crippen molar-refractivity contribution in [2.75, 3.05) is 7.05 Å². The van der Waals surface area contributed by atoms with Crippen molar-refractivity contribution in [3.63, 3.8) is 0 Å². The fourth-order valence-electron chi connectivity index (χ4n) is 1.95. The molecule has 0 aliphatic rings. The molecule has 0 radical (unpaired) electrons. The molecule has 1 nitrogen and oxygen atoms in total. The monoisotopic (exact) mass is 333 g/mol. The molecule has 0 heterocycles. The van der Waals surface area contributed by atoms with Crippen LogP contribution in [0.5, 0.6) is 0 Å². The normalized spacial score (nSPS) is 15.4. The fourth-order valence-corrected chi connectivity index (χ4v) is 2.30. The van der Waals surface area contributed by atoms with Crippen molar-refractivity contribution in [2.45, 2.75) is 40.2 Å². The highest BCUT2D eigenvalue weighted by Gasteiger charge is 2.27. The van der Waals surface area contributed by atoms with E-state index in [1.807, 2.05) is 0 Å². The van der Waals surface area contributed by atoms with E-state index in [0.717, 1.165) is 0 Å². The van der Waals surface area contributed by atoms with E-state index in [1.54, 1.807) is 7.05 Å². The largest absolute Gasteiger partial charge is 0.313 e. The first kappa shape index (κ1) is 16.6. The topological polar surface area (TPSA) is 12.0 Å². The van der Waals surface area contributed by atoms with Gasteiger partial charge in [-0.1, -0.05) is 27.7 Å². The molecule has 0 saturated carbocycles. The van der Waals surface area contributed by atoms with Gasteiger partial charge < -0.3 is 5.32 Å². The zero-order valence-corrected chi connectivity index (χ0v) is 13.7. The minimum atomic E-state index is -0.513. The third-order valence-electron chi connectivity index (χ3n) is 3.84. The van der Waals surface area contributed by atoms with E-state index >= 15 is 0 Å². The van der Waals surface area contributed by atoms with Crippen molar-refractivity contribution in [1.82, 2.24) is 5.32 Å². The van der Waals surface area contributed by atoms with E-state index in [1.165, 1.54) is 12.1 Å². The van der Waals surface area contributed by atoms with E-state index in [4.69, 9.17) is 0 Å². The summed E-state index contributed by atoms with van der Waals surface area (Å²) in [6, 6.07) is 2.37. The molecule has 0 amide bonds. The van der Waals surface area contributed by atoms with Gasteiger partial charge in [0.05, 0.1) is 4.47 Å². The number of benzene rings is 1. The van der Waals surface area contributed by atoms with Crippen LogP contribution in [0.25, 0.3) is 0 Å². The summed E-state index contributed by atoms with van der Waals surface area (Å²) in [5.41, 5.74) is 0.224. The minimum absolute atomic E-state index is 0.105. The molecular weight excluding hydrogens is 312 g/mol. The average Bonchev–Trinajstić information content (AvgIpc) is 2.31. The zero-order chi connectivity index (χ0) is 14.8. The van der Waals surface area contributed by atoms with Crippen molar-refractivity contribution in [2.24, 2.45) is 11.3 Å². The fraction of sp³-hybridized carbons (Fsp3) is 0.600. The second kappa shape index (κ2) is 6.31. The van der Waals surface area contributed by atoms with Gasteiger partial charge in [-0.05, 0) is 52.9 Å². The van der Waals surface area contributed by atoms with E-state index < -0.39 is 11.6 Å². The van der Waals surface area contributed by atoms with E-state index in [-0.39, 0.29) is 17.0 Å². The molecule has 19 heavy (non-hydrogen) atoms. The Morgan fingerprint density at radius 1 is 1.26 bits per heavy atom. The Balaban J connectivity index is 3.08. The predicted molar refractivity (Wildman–Crippen MR) is 79.1 cm³/mol. The Morgan fingerprint density at radius 2 is 1.84 bits per heavy atom. The van der Waals surface area contributed by atoms with Gasteiger partial charge in [0.2, 0.25) is 0 Å². The maximum absolute atomic E-state index is 14.1. The van der Waals surface area contributed by atoms with Gasteiger partial charge in [0.15, 0.2) is 0 Å². The summed E-state index contributed by atoms with van der Waals surface area (Å²) in [5, 5.41) is 3.03. The van der Waals surface area contributed by atoms with Crippen LogP contribution in [0.1, 0.15) is 45.7 Å². The number of nitrogens with one attached hydrogen (secondary N) is 1. The Kier molecular flexibility index (Phi) is 5.51. The minimum Gasteiger partial charge on any atom is -0.313 e. The van der Waals surface area contributed by atoms with E-state index in [2.05, 4.69) is 48.9 Å². The van der Waals surface area contributed by atoms with E-state index in [9.17, 15) is 8.78 Å². The second-order valence-electron chi connectivity index (χ2n) is 6.10. The number of halogens is 3. The van der Waals surface area contributed by atoms with Gasteiger partial charge in [-0.2, -0.15) is 0 Å². The lowest BCUT2D eigenvalue weighted by molar-refractivity contribution is 0.223. The highest BCUT2D eigenvalue weighted by atomic mass is 79.9. The van der Waals surface area contributed by atoms with Gasteiger partial charge in [0.25, 0.3) is 0 Å². The molecule has 1 aromatic carbocycles. The Hall–Kier alpha value is -0.480.